The van der Waals surface area contributed by atoms with Gasteiger partial charge in [-0.05, 0) is 0 Å². The van der Waals surface area contributed by atoms with Gasteiger partial charge in [-0.2, -0.15) is 0 Å². The quantitative estimate of drug-likeness (QED) is 0.435. The Kier molecular flexibility index (Phi) is 2.18. The van der Waals surface area contributed by atoms with Crippen LogP contribution in [0.4, 0.5) is 5.69 Å². The molecule has 1 aromatic heterocycles. The van der Waals surface area contributed by atoms with Crippen LogP contribution < -0.4 is 17.0 Å². The third kappa shape index (κ3) is 1.95. The second kappa shape index (κ2) is 3.13. The number of nitrogens with two attached hydrogens (primary N) is 1. The number of nitrogen functional groups attached to an aromatic ring is 1. The van der Waals surface area contributed by atoms with Crippen LogP contribution in [-0.2, 0) is 11.2 Å². The van der Waals surface area contributed by atoms with Gasteiger partial charge in [-0.15, -0.1) is 0 Å². The number of aromatic nitrogens is 2. The smallest absolute Gasteiger partial charge is 0.326 e. The number of aromatic amines is 2. The number of H-pyrrole nitrogens is 2. The molecule has 0 saturated carbocycles. The molecule has 0 aliphatic rings. The van der Waals surface area contributed by atoms with Gasteiger partial charge in [0.2, 0.25) is 0 Å². The van der Waals surface area contributed by atoms with Gasteiger partial charge in [0.15, 0.2) is 0 Å². The SMILES string of the molecule is Nc1c(CC(=O)O)[nH]c(=O)[nH]c1=O. The fraction of sp³-hybridized carbons (Fsp3) is 0.167. The molecule has 0 aromatic carbocycles. The zero-order chi connectivity index (χ0) is 10.0. The van der Waals surface area contributed by atoms with Crippen LogP contribution in [0.25, 0.3) is 0 Å². The molecule has 1 aromatic rings. The number of hydrogen-bond acceptors (Lipinski definition) is 4. The number of rotatable bonds is 2. The summed E-state index contributed by atoms with van der Waals surface area (Å²) >= 11 is 0. The Morgan fingerprint density at radius 3 is 2.54 bits per heavy atom. The number of nitrogens with one attached hydrogen (secondary N) is 2. The third-order valence-corrected chi connectivity index (χ3v) is 1.39. The van der Waals surface area contributed by atoms with Crippen molar-refractivity contribution < 1.29 is 9.90 Å². The first-order chi connectivity index (χ1) is 6.00. The molecule has 0 amide bonds. The van der Waals surface area contributed by atoms with Crippen molar-refractivity contribution >= 4 is 11.7 Å². The van der Waals surface area contributed by atoms with Crippen molar-refractivity contribution in [2.75, 3.05) is 5.73 Å². The van der Waals surface area contributed by atoms with Crippen molar-refractivity contribution in [3.8, 4) is 0 Å². The van der Waals surface area contributed by atoms with Gasteiger partial charge in [0.25, 0.3) is 5.56 Å². The third-order valence-electron chi connectivity index (χ3n) is 1.39. The average molecular weight is 185 g/mol. The highest BCUT2D eigenvalue weighted by molar-refractivity contribution is 5.71. The fourth-order valence-electron chi connectivity index (χ4n) is 0.834. The average Bonchev–Trinajstić information content (AvgIpc) is 1.98. The van der Waals surface area contributed by atoms with E-state index in [1.54, 1.807) is 0 Å². The zero-order valence-corrected chi connectivity index (χ0v) is 6.46. The van der Waals surface area contributed by atoms with Gasteiger partial charge < -0.3 is 15.8 Å². The Balaban J connectivity index is 3.28. The van der Waals surface area contributed by atoms with Crippen molar-refractivity contribution in [3.63, 3.8) is 0 Å². The van der Waals surface area contributed by atoms with Crippen molar-refractivity contribution in [2.24, 2.45) is 0 Å². The van der Waals surface area contributed by atoms with Crippen LogP contribution in [0, 0.1) is 0 Å². The molecule has 70 valence electrons. The summed E-state index contributed by atoms with van der Waals surface area (Å²) in [7, 11) is 0. The maximum Gasteiger partial charge on any atom is 0.326 e. The Labute approximate surface area is 71.2 Å². The largest absolute Gasteiger partial charge is 0.481 e. The molecule has 7 heteroatoms. The minimum atomic E-state index is -1.17. The monoisotopic (exact) mass is 185 g/mol. The molecule has 0 aliphatic heterocycles. The predicted octanol–water partition coefficient (Wildman–Crippen LogP) is -1.73. The maximum absolute atomic E-state index is 10.8. The molecule has 1 rings (SSSR count). The van der Waals surface area contributed by atoms with E-state index in [-0.39, 0.29) is 11.4 Å². The minimum Gasteiger partial charge on any atom is -0.481 e. The second-order valence-electron chi connectivity index (χ2n) is 2.37. The molecular formula is C6H7N3O4. The van der Waals surface area contributed by atoms with E-state index >= 15 is 0 Å². The minimum absolute atomic E-state index is 0.0822. The molecule has 0 aliphatic carbocycles. The summed E-state index contributed by atoms with van der Waals surface area (Å²) in [5.41, 5.74) is 3.32. The Hall–Kier alpha value is -2.05. The van der Waals surface area contributed by atoms with E-state index in [0.717, 1.165) is 0 Å². The molecular weight excluding hydrogens is 178 g/mol. The first-order valence-corrected chi connectivity index (χ1v) is 3.33. The molecule has 7 nitrogen and oxygen atoms in total. The van der Waals surface area contributed by atoms with Crippen molar-refractivity contribution in [1.82, 2.24) is 9.97 Å². The molecule has 0 radical (unpaired) electrons. The lowest BCUT2D eigenvalue weighted by Gasteiger charge is -1.99. The zero-order valence-electron chi connectivity index (χ0n) is 6.46. The summed E-state index contributed by atoms with van der Waals surface area (Å²) in [6.07, 6.45) is -0.481. The molecule has 1 heterocycles. The van der Waals surface area contributed by atoms with Crippen LogP contribution >= 0.6 is 0 Å². The Morgan fingerprint density at radius 2 is 2.00 bits per heavy atom. The molecule has 13 heavy (non-hydrogen) atoms. The topological polar surface area (TPSA) is 129 Å². The highest BCUT2D eigenvalue weighted by Gasteiger charge is 2.08. The molecule has 5 N–H and O–H groups in total. The summed E-state index contributed by atoms with van der Waals surface area (Å²) in [6.45, 7) is 0. The van der Waals surface area contributed by atoms with Crippen molar-refractivity contribution in [3.05, 3.63) is 26.5 Å². The molecule has 0 unspecified atom stereocenters. The number of carboxylic acid groups (broad SMARTS) is 1. The Morgan fingerprint density at radius 1 is 1.38 bits per heavy atom. The van der Waals surface area contributed by atoms with Gasteiger partial charge in [0.05, 0.1) is 12.1 Å². The lowest BCUT2D eigenvalue weighted by molar-refractivity contribution is -0.136. The van der Waals surface area contributed by atoms with Gasteiger partial charge in [-0.3, -0.25) is 14.6 Å². The van der Waals surface area contributed by atoms with E-state index < -0.39 is 23.6 Å². The maximum atomic E-state index is 10.8. The van der Waals surface area contributed by atoms with Gasteiger partial charge in [-0.25, -0.2) is 4.79 Å². The molecule has 0 spiro atoms. The van der Waals surface area contributed by atoms with E-state index in [9.17, 15) is 14.4 Å². The summed E-state index contributed by atoms with van der Waals surface area (Å²) in [5.74, 6) is -1.17. The predicted molar refractivity (Wildman–Crippen MR) is 43.4 cm³/mol. The van der Waals surface area contributed by atoms with Crippen LogP contribution in [0.3, 0.4) is 0 Å². The van der Waals surface area contributed by atoms with Crippen LogP contribution in [0.2, 0.25) is 0 Å². The molecule has 0 bridgehead atoms. The molecule has 0 fully saturated rings. The van der Waals surface area contributed by atoms with Crippen molar-refractivity contribution in [1.29, 1.82) is 0 Å². The van der Waals surface area contributed by atoms with E-state index in [0.29, 0.717) is 0 Å². The first kappa shape index (κ1) is 9.04. The van der Waals surface area contributed by atoms with Gasteiger partial charge in [0.1, 0.15) is 5.69 Å². The van der Waals surface area contributed by atoms with Gasteiger partial charge >= 0.3 is 11.7 Å². The van der Waals surface area contributed by atoms with Crippen LogP contribution in [0.1, 0.15) is 5.69 Å². The summed E-state index contributed by atoms with van der Waals surface area (Å²) in [4.78, 5) is 35.8. The number of carboxylic acids is 1. The van der Waals surface area contributed by atoms with Crippen molar-refractivity contribution in [2.45, 2.75) is 6.42 Å². The summed E-state index contributed by atoms with van der Waals surface area (Å²) in [6, 6.07) is 0. The normalized spacial score (nSPS) is 9.85. The lowest BCUT2D eigenvalue weighted by Crippen LogP contribution is -2.28. The summed E-state index contributed by atoms with van der Waals surface area (Å²) in [5, 5.41) is 8.38. The van der Waals surface area contributed by atoms with E-state index in [1.807, 2.05) is 4.98 Å². The van der Waals surface area contributed by atoms with Gasteiger partial charge in [0, 0.05) is 0 Å². The Bertz CT molecular complexity index is 444. The number of hydrogen-bond donors (Lipinski definition) is 4. The number of carbonyl (C=O) groups is 1. The van der Waals surface area contributed by atoms with Crippen LogP contribution in [0.15, 0.2) is 9.59 Å². The number of anilines is 1. The van der Waals surface area contributed by atoms with Crippen LogP contribution in [-0.4, -0.2) is 21.0 Å². The standard InChI is InChI=1S/C6H7N3O4/c7-4-2(1-3(10)11)8-6(13)9-5(4)12/h1,7H2,(H,10,11)(H2,8,9,12,13). The van der Waals surface area contributed by atoms with E-state index in [2.05, 4.69) is 4.98 Å². The van der Waals surface area contributed by atoms with Crippen LogP contribution in [0.5, 0.6) is 0 Å². The fourth-order valence-corrected chi connectivity index (χ4v) is 0.834. The molecule has 0 saturated heterocycles. The number of aliphatic carboxylic acids is 1. The first-order valence-electron chi connectivity index (χ1n) is 3.33. The van der Waals surface area contributed by atoms with E-state index in [4.69, 9.17) is 10.8 Å². The highest BCUT2D eigenvalue weighted by Crippen LogP contribution is 1.98. The van der Waals surface area contributed by atoms with Gasteiger partial charge in [-0.1, -0.05) is 0 Å². The summed E-state index contributed by atoms with van der Waals surface area (Å²) < 4.78 is 0. The highest BCUT2D eigenvalue weighted by atomic mass is 16.4. The molecule has 0 atom stereocenters. The van der Waals surface area contributed by atoms with E-state index in [1.165, 1.54) is 0 Å². The lowest BCUT2D eigenvalue weighted by atomic mass is 10.2. The second-order valence-corrected chi connectivity index (χ2v) is 2.37.